The minimum absolute atomic E-state index is 0.143. The second-order valence-corrected chi connectivity index (χ2v) is 17.6. The number of benzene rings is 1. The molecule has 3 N–H and O–H groups in total. The van der Waals surface area contributed by atoms with Crippen LogP contribution < -0.4 is 21.6 Å². The Morgan fingerprint density at radius 2 is 1.40 bits per heavy atom. The van der Waals surface area contributed by atoms with Crippen LogP contribution in [0.15, 0.2) is 35.3 Å². The fraction of sp³-hybridized carbons (Fsp3) is 0.650. The van der Waals surface area contributed by atoms with Gasteiger partial charge in [0.15, 0.2) is 0 Å². The molecule has 1 unspecified atom stereocenters. The average molecular weight is 765 g/mol. The fourth-order valence-corrected chi connectivity index (χ4v) is 7.60. The number of amides is 5. The molecule has 3 aliphatic rings. The summed E-state index contributed by atoms with van der Waals surface area (Å²) in [4.78, 5) is 73.8. The van der Waals surface area contributed by atoms with Crippen LogP contribution in [0.25, 0.3) is 5.69 Å². The highest BCUT2D eigenvalue weighted by Crippen LogP contribution is 2.31. The van der Waals surface area contributed by atoms with E-state index < -0.39 is 34.6 Å². The molecular formula is C40H60N8O7. The summed E-state index contributed by atoms with van der Waals surface area (Å²) in [7, 11) is 2.22. The van der Waals surface area contributed by atoms with Gasteiger partial charge in [0, 0.05) is 50.5 Å². The predicted molar refractivity (Wildman–Crippen MR) is 209 cm³/mol. The molecule has 5 amide bonds. The molecule has 15 heteroatoms. The number of nitrogens with zero attached hydrogens (tertiary/aromatic N) is 5. The van der Waals surface area contributed by atoms with E-state index in [0.717, 1.165) is 50.6 Å². The van der Waals surface area contributed by atoms with Crippen molar-refractivity contribution in [3.63, 3.8) is 0 Å². The van der Waals surface area contributed by atoms with E-state index >= 15 is 0 Å². The zero-order chi connectivity index (χ0) is 40.3. The molecule has 0 radical (unpaired) electrons. The second-order valence-electron chi connectivity index (χ2n) is 17.6. The van der Waals surface area contributed by atoms with E-state index in [-0.39, 0.29) is 50.0 Å². The van der Waals surface area contributed by atoms with Crippen molar-refractivity contribution in [1.29, 1.82) is 0 Å². The van der Waals surface area contributed by atoms with Crippen LogP contribution in [0.2, 0.25) is 0 Å². The summed E-state index contributed by atoms with van der Waals surface area (Å²) < 4.78 is 12.2. The van der Waals surface area contributed by atoms with E-state index in [4.69, 9.17) is 9.47 Å². The number of carbonyl (C=O) groups excluding carboxylic acids is 4. The number of aromatic nitrogens is 2. The Balaban J connectivity index is 1.10. The van der Waals surface area contributed by atoms with Gasteiger partial charge >= 0.3 is 23.9 Å². The standard InChI is InChI=1S/C40H60N8O7/c1-38(2,3)54-36(52)41-28-12-16-29(17-13-28)45(9)30-14-10-27-25-31(15-11-26(27)24-30)48-19-18-32(43-35(48)51)42-34(50)47-22-20-46(21-23-47)33(49)40(7,8)44-37(53)55-39(4,5)6/h11,15,18-19,25,28-30H,10,12-14,16-17,20-24H2,1-9H3,(H,41,52)(H,44,53)(H,42,43,50,51). The van der Waals surface area contributed by atoms with Gasteiger partial charge in [-0.25, -0.2) is 19.2 Å². The van der Waals surface area contributed by atoms with Gasteiger partial charge in [-0.1, -0.05) is 6.07 Å². The number of likely N-dealkylation sites (N-methyl/N-ethyl adjacent to an activating group) is 1. The molecule has 1 aliphatic heterocycles. The molecule has 2 heterocycles. The molecule has 302 valence electrons. The highest BCUT2D eigenvalue weighted by molar-refractivity contribution is 5.90. The molecule has 2 aromatic rings. The van der Waals surface area contributed by atoms with Crippen molar-refractivity contribution in [2.75, 3.05) is 38.5 Å². The third-order valence-electron chi connectivity index (χ3n) is 10.5. The minimum atomic E-state index is -1.19. The summed E-state index contributed by atoms with van der Waals surface area (Å²) in [6, 6.07) is 8.33. The van der Waals surface area contributed by atoms with E-state index in [1.807, 2.05) is 26.8 Å². The predicted octanol–water partition coefficient (Wildman–Crippen LogP) is 4.84. The molecule has 0 bridgehead atoms. The Labute approximate surface area is 324 Å². The molecule has 1 atom stereocenters. The van der Waals surface area contributed by atoms with Gasteiger partial charge in [-0.05, 0) is 137 Å². The third-order valence-corrected chi connectivity index (χ3v) is 10.5. The van der Waals surface area contributed by atoms with Gasteiger partial charge in [0.2, 0.25) is 5.91 Å². The van der Waals surface area contributed by atoms with Crippen LogP contribution in [0.4, 0.5) is 20.2 Å². The van der Waals surface area contributed by atoms with Gasteiger partial charge in [0.25, 0.3) is 0 Å². The topological polar surface area (TPSA) is 167 Å². The Morgan fingerprint density at radius 1 is 0.782 bits per heavy atom. The number of fused-ring (bicyclic) bond motifs is 1. The van der Waals surface area contributed by atoms with Crippen LogP contribution in [0.3, 0.4) is 0 Å². The van der Waals surface area contributed by atoms with Gasteiger partial charge in [0.05, 0.1) is 5.69 Å². The summed E-state index contributed by atoms with van der Waals surface area (Å²) >= 11 is 0. The summed E-state index contributed by atoms with van der Waals surface area (Å²) in [6.07, 6.45) is 7.37. The van der Waals surface area contributed by atoms with Gasteiger partial charge < -0.3 is 34.8 Å². The second kappa shape index (κ2) is 16.6. The number of alkyl carbamates (subject to hydrolysis) is 2. The van der Waals surface area contributed by atoms with E-state index in [0.29, 0.717) is 12.1 Å². The monoisotopic (exact) mass is 764 g/mol. The number of aryl methyl sites for hydroxylation is 1. The molecule has 1 aromatic heterocycles. The maximum absolute atomic E-state index is 13.2. The van der Waals surface area contributed by atoms with Crippen LogP contribution in [-0.2, 0) is 27.1 Å². The number of rotatable bonds is 7. The Bertz CT molecular complexity index is 1780. The van der Waals surface area contributed by atoms with Crippen LogP contribution in [-0.4, -0.2) is 116 Å². The van der Waals surface area contributed by atoms with Crippen LogP contribution in [0.5, 0.6) is 0 Å². The van der Waals surface area contributed by atoms with E-state index in [2.05, 4.69) is 45.0 Å². The first-order valence-electron chi connectivity index (χ1n) is 19.5. The first kappa shape index (κ1) is 41.5. The Morgan fingerprint density at radius 3 is 2.02 bits per heavy atom. The average Bonchev–Trinajstić information content (AvgIpc) is 3.09. The van der Waals surface area contributed by atoms with E-state index in [1.165, 1.54) is 15.7 Å². The number of hydrogen-bond donors (Lipinski definition) is 3. The Kier molecular flexibility index (Phi) is 12.5. The van der Waals surface area contributed by atoms with Crippen molar-refractivity contribution in [2.45, 2.75) is 135 Å². The third kappa shape index (κ3) is 11.2. The molecule has 2 aliphatic carbocycles. The zero-order valence-electron chi connectivity index (χ0n) is 34.0. The minimum Gasteiger partial charge on any atom is -0.444 e. The van der Waals surface area contributed by atoms with E-state index in [1.54, 1.807) is 56.7 Å². The lowest BCUT2D eigenvalue weighted by molar-refractivity contribution is -0.138. The van der Waals surface area contributed by atoms with Crippen molar-refractivity contribution in [2.24, 2.45) is 0 Å². The van der Waals surface area contributed by atoms with Crippen molar-refractivity contribution in [3.8, 4) is 5.69 Å². The SMILES string of the molecule is CN(C1CCC(NC(=O)OC(C)(C)C)CC1)C1CCc2cc(-n3ccc(NC(=O)N4CCN(C(=O)C(C)(C)NC(=O)OC(C)(C)C)CC4)nc3=O)ccc2C1. The number of urea groups is 1. The van der Waals surface area contributed by atoms with Gasteiger partial charge in [-0.15, -0.1) is 0 Å². The maximum Gasteiger partial charge on any atom is 0.408 e. The number of piperazine rings is 1. The molecule has 1 saturated carbocycles. The lowest BCUT2D eigenvalue weighted by atomic mass is 9.84. The fourth-order valence-electron chi connectivity index (χ4n) is 7.60. The summed E-state index contributed by atoms with van der Waals surface area (Å²) in [5, 5.41) is 8.40. The van der Waals surface area contributed by atoms with Crippen molar-refractivity contribution >= 4 is 29.9 Å². The smallest absolute Gasteiger partial charge is 0.408 e. The molecule has 55 heavy (non-hydrogen) atoms. The first-order chi connectivity index (χ1) is 25.7. The van der Waals surface area contributed by atoms with Crippen molar-refractivity contribution in [1.82, 2.24) is 34.9 Å². The lowest BCUT2D eigenvalue weighted by Crippen LogP contribution is -2.60. The quantitative estimate of drug-likeness (QED) is 0.358. The molecule has 1 saturated heterocycles. The van der Waals surface area contributed by atoms with Gasteiger partial charge in [-0.2, -0.15) is 4.98 Å². The number of hydrogen-bond acceptors (Lipinski definition) is 9. The molecule has 2 fully saturated rings. The number of nitrogens with one attached hydrogen (secondary N) is 3. The number of anilines is 1. The molecule has 1 aromatic carbocycles. The van der Waals surface area contributed by atoms with Gasteiger partial charge in [0.1, 0.15) is 22.6 Å². The first-order valence-corrected chi connectivity index (χ1v) is 19.5. The largest absolute Gasteiger partial charge is 0.444 e. The van der Waals surface area contributed by atoms with Crippen LogP contribution >= 0.6 is 0 Å². The molecule has 5 rings (SSSR count). The maximum atomic E-state index is 13.2. The highest BCUT2D eigenvalue weighted by Gasteiger charge is 2.37. The van der Waals surface area contributed by atoms with Crippen LogP contribution in [0, 0.1) is 0 Å². The lowest BCUT2D eigenvalue weighted by Gasteiger charge is -2.41. The normalized spacial score (nSPS) is 20.7. The Hall–Kier alpha value is -4.66. The zero-order valence-corrected chi connectivity index (χ0v) is 34.0. The summed E-state index contributed by atoms with van der Waals surface area (Å²) in [5.41, 5.74) is 0.328. The van der Waals surface area contributed by atoms with Gasteiger partial charge in [-0.3, -0.25) is 14.7 Å². The van der Waals surface area contributed by atoms with Crippen LogP contribution in [0.1, 0.15) is 98.6 Å². The highest BCUT2D eigenvalue weighted by atomic mass is 16.6. The van der Waals surface area contributed by atoms with Crippen molar-refractivity contribution < 1.29 is 28.7 Å². The molecule has 15 nitrogen and oxygen atoms in total. The van der Waals surface area contributed by atoms with Crippen molar-refractivity contribution in [3.05, 3.63) is 52.1 Å². The summed E-state index contributed by atoms with van der Waals surface area (Å²) in [6.45, 7) is 15.2. The number of carbonyl (C=O) groups is 4. The molecule has 0 spiro atoms. The molecular weight excluding hydrogens is 704 g/mol. The van der Waals surface area contributed by atoms with E-state index in [9.17, 15) is 24.0 Å². The summed E-state index contributed by atoms with van der Waals surface area (Å²) in [5.74, 6) is -0.131. The number of ether oxygens (including phenoxy) is 2.